The lowest BCUT2D eigenvalue weighted by Gasteiger charge is -2.31. The summed E-state index contributed by atoms with van der Waals surface area (Å²) in [4.78, 5) is 4.95. The number of aliphatic imine (C=N–C) groups is 1. The maximum atomic E-state index is 13.8. The van der Waals surface area contributed by atoms with Crippen molar-refractivity contribution in [2.24, 2.45) is 4.99 Å². The molecule has 3 nitrogen and oxygen atoms in total. The highest BCUT2D eigenvalue weighted by atomic mass is 79.9. The van der Waals surface area contributed by atoms with E-state index in [0.29, 0.717) is 10.9 Å². The highest BCUT2D eigenvalue weighted by Crippen LogP contribution is 2.36. The van der Waals surface area contributed by atoms with Gasteiger partial charge in [0.1, 0.15) is 17.7 Å². The van der Waals surface area contributed by atoms with Gasteiger partial charge in [0, 0.05) is 28.2 Å². The number of phenolic OH excluding ortho intramolecular Hbond substituents is 1. The molecule has 0 saturated heterocycles. The lowest BCUT2D eigenvalue weighted by molar-refractivity contribution is 0.412. The maximum absolute atomic E-state index is 13.8. The minimum Gasteiger partial charge on any atom is -0.508 e. The summed E-state index contributed by atoms with van der Waals surface area (Å²) in [6.07, 6.45) is 1.25. The minimum absolute atomic E-state index is 0.144. The predicted octanol–water partition coefficient (Wildman–Crippen LogP) is 6.84. The number of hydrogen-bond acceptors (Lipinski definition) is 3. The fraction of sp³-hybridized carbons (Fsp3) is 0.208. The van der Waals surface area contributed by atoms with Crippen LogP contribution < -0.4 is 5.32 Å². The molecular weight excluding hydrogens is 511 g/mol. The smallest absolute Gasteiger partial charge is 0.137 e. The lowest BCUT2D eigenvalue weighted by atomic mass is 9.93. The van der Waals surface area contributed by atoms with Crippen LogP contribution >= 0.6 is 31.9 Å². The molecule has 3 aromatic rings. The molecule has 0 amide bonds. The Kier molecular flexibility index (Phi) is 6.37. The van der Waals surface area contributed by atoms with Crippen LogP contribution in [-0.2, 0) is 6.42 Å². The molecule has 6 heteroatoms. The van der Waals surface area contributed by atoms with Gasteiger partial charge in [-0.3, -0.25) is 10.3 Å². The van der Waals surface area contributed by atoms with Crippen LogP contribution in [-0.4, -0.2) is 10.8 Å². The summed E-state index contributed by atoms with van der Waals surface area (Å²) in [6.45, 7) is 2.13. The lowest BCUT2D eigenvalue weighted by Crippen LogP contribution is -2.33. The largest absolute Gasteiger partial charge is 0.508 e. The summed E-state index contributed by atoms with van der Waals surface area (Å²) in [5.74, 6) is -0.0765. The van der Waals surface area contributed by atoms with Crippen LogP contribution in [0.2, 0.25) is 0 Å². The summed E-state index contributed by atoms with van der Waals surface area (Å²) < 4.78 is 15.1. The third-order valence-electron chi connectivity index (χ3n) is 5.36. The summed E-state index contributed by atoms with van der Waals surface area (Å²) in [5, 5.41) is 14.0. The number of benzene rings is 3. The second kappa shape index (κ2) is 9.00. The molecule has 0 fully saturated rings. The molecular formula is C24H21Br2FN2O. The van der Waals surface area contributed by atoms with Gasteiger partial charge in [-0.05, 0) is 69.4 Å². The number of nitrogens with zero attached hydrogens (tertiary/aromatic N) is 1. The second-order valence-corrected chi connectivity index (χ2v) is 9.10. The third kappa shape index (κ3) is 4.51. The van der Waals surface area contributed by atoms with Crippen molar-refractivity contribution >= 4 is 37.6 Å². The third-order valence-corrected chi connectivity index (χ3v) is 6.46. The number of aryl methyl sites for hydroxylation is 1. The fourth-order valence-electron chi connectivity index (χ4n) is 3.67. The molecule has 3 aromatic carbocycles. The van der Waals surface area contributed by atoms with Gasteiger partial charge in [-0.25, -0.2) is 4.39 Å². The topological polar surface area (TPSA) is 44.6 Å². The van der Waals surface area contributed by atoms with Gasteiger partial charge in [-0.1, -0.05) is 53.2 Å². The van der Waals surface area contributed by atoms with Crippen LogP contribution in [0.25, 0.3) is 0 Å². The van der Waals surface area contributed by atoms with E-state index in [4.69, 9.17) is 4.99 Å². The molecule has 30 heavy (non-hydrogen) atoms. The van der Waals surface area contributed by atoms with Crippen molar-refractivity contribution < 1.29 is 9.50 Å². The van der Waals surface area contributed by atoms with Gasteiger partial charge in [-0.15, -0.1) is 0 Å². The number of aromatic hydroxyl groups is 1. The Morgan fingerprint density at radius 1 is 1.07 bits per heavy atom. The van der Waals surface area contributed by atoms with Crippen LogP contribution in [0.3, 0.4) is 0 Å². The average Bonchev–Trinajstić information content (AvgIpc) is 2.77. The monoisotopic (exact) mass is 530 g/mol. The van der Waals surface area contributed by atoms with Crippen LogP contribution in [0.15, 0.2) is 74.6 Å². The van der Waals surface area contributed by atoms with Crippen molar-refractivity contribution in [2.45, 2.75) is 32.0 Å². The quantitative estimate of drug-likeness (QED) is 0.387. The zero-order valence-electron chi connectivity index (χ0n) is 16.4. The van der Waals surface area contributed by atoms with E-state index >= 15 is 0 Å². The van der Waals surface area contributed by atoms with Crippen molar-refractivity contribution in [3.8, 4) is 5.75 Å². The standard InChI is InChI=1S/C24H21Br2FN2O/c1-2-14-3-5-15(6-4-14)21-13-22(18-12-17(25)8-10-23(18)30)29-24(28-21)16-7-9-20(27)19(26)11-16/h3-12,22,24,29-30H,2,13H2,1H3/t22-,24-/m0/s1. The Morgan fingerprint density at radius 3 is 2.53 bits per heavy atom. The van der Waals surface area contributed by atoms with E-state index in [9.17, 15) is 9.50 Å². The fourth-order valence-corrected chi connectivity index (χ4v) is 4.45. The first-order valence-electron chi connectivity index (χ1n) is 9.80. The summed E-state index contributed by atoms with van der Waals surface area (Å²) in [5.41, 5.74) is 4.93. The highest BCUT2D eigenvalue weighted by Gasteiger charge is 2.28. The normalized spacial score (nSPS) is 18.9. The first-order valence-corrected chi connectivity index (χ1v) is 11.4. The van der Waals surface area contributed by atoms with E-state index in [0.717, 1.165) is 33.3 Å². The number of nitrogens with one attached hydrogen (secondary N) is 1. The molecule has 0 spiro atoms. The Balaban J connectivity index is 1.77. The van der Waals surface area contributed by atoms with Gasteiger partial charge < -0.3 is 5.11 Å². The number of phenols is 1. The minimum atomic E-state index is -0.361. The Labute approximate surface area is 192 Å². The van der Waals surface area contributed by atoms with E-state index in [1.807, 2.05) is 12.1 Å². The maximum Gasteiger partial charge on any atom is 0.137 e. The Bertz CT molecular complexity index is 1100. The van der Waals surface area contributed by atoms with E-state index < -0.39 is 0 Å². The molecule has 2 N–H and O–H groups in total. The van der Waals surface area contributed by atoms with Crippen LogP contribution in [0.1, 0.15) is 47.8 Å². The second-order valence-electron chi connectivity index (χ2n) is 7.33. The van der Waals surface area contributed by atoms with Crippen molar-refractivity contribution in [3.63, 3.8) is 0 Å². The van der Waals surface area contributed by atoms with Crippen LogP contribution in [0.4, 0.5) is 4.39 Å². The zero-order valence-corrected chi connectivity index (χ0v) is 19.5. The first-order chi connectivity index (χ1) is 14.4. The molecule has 0 unspecified atom stereocenters. The molecule has 1 heterocycles. The molecule has 1 aliphatic heterocycles. The van der Waals surface area contributed by atoms with Gasteiger partial charge in [0.2, 0.25) is 0 Å². The molecule has 0 bridgehead atoms. The molecule has 154 valence electrons. The van der Waals surface area contributed by atoms with Crippen LogP contribution in [0.5, 0.6) is 5.75 Å². The summed E-state index contributed by atoms with van der Waals surface area (Å²) in [6, 6.07) is 18.6. The van der Waals surface area contributed by atoms with Crippen LogP contribution in [0, 0.1) is 5.82 Å². The van der Waals surface area contributed by atoms with Gasteiger partial charge in [0.25, 0.3) is 0 Å². The molecule has 0 aliphatic carbocycles. The Hall–Kier alpha value is -2.02. The van der Waals surface area contributed by atoms with E-state index in [2.05, 4.69) is 68.4 Å². The van der Waals surface area contributed by atoms with Gasteiger partial charge in [-0.2, -0.15) is 0 Å². The van der Waals surface area contributed by atoms with E-state index in [-0.39, 0.29) is 23.8 Å². The molecule has 0 radical (unpaired) electrons. The van der Waals surface area contributed by atoms with Crippen molar-refractivity contribution in [1.82, 2.24) is 5.32 Å². The molecule has 1 aliphatic rings. The zero-order chi connectivity index (χ0) is 21.3. The van der Waals surface area contributed by atoms with Gasteiger partial charge in [0.05, 0.1) is 4.47 Å². The number of hydrogen-bond donors (Lipinski definition) is 2. The van der Waals surface area contributed by atoms with E-state index in [1.54, 1.807) is 18.2 Å². The molecule has 0 aromatic heterocycles. The molecule has 2 atom stereocenters. The highest BCUT2D eigenvalue weighted by molar-refractivity contribution is 9.10. The molecule has 4 rings (SSSR count). The van der Waals surface area contributed by atoms with Gasteiger partial charge in [0.15, 0.2) is 0 Å². The average molecular weight is 532 g/mol. The number of rotatable bonds is 4. The first kappa shape index (κ1) is 21.2. The Morgan fingerprint density at radius 2 is 1.83 bits per heavy atom. The molecule has 0 saturated carbocycles. The number of halogens is 3. The summed E-state index contributed by atoms with van der Waals surface area (Å²) >= 11 is 6.77. The van der Waals surface area contributed by atoms with Gasteiger partial charge >= 0.3 is 0 Å². The van der Waals surface area contributed by atoms with Crippen molar-refractivity contribution in [2.75, 3.05) is 0 Å². The van der Waals surface area contributed by atoms with Crippen molar-refractivity contribution in [3.05, 3.63) is 97.7 Å². The van der Waals surface area contributed by atoms with E-state index in [1.165, 1.54) is 11.6 Å². The van der Waals surface area contributed by atoms with Crippen molar-refractivity contribution in [1.29, 1.82) is 0 Å². The SMILES string of the molecule is CCc1ccc(C2=N[C@H](c3ccc(F)c(Br)c3)N[C@H](c3cc(Br)ccc3O)C2)cc1. The summed E-state index contributed by atoms with van der Waals surface area (Å²) in [7, 11) is 0. The predicted molar refractivity (Wildman–Crippen MR) is 125 cm³/mol.